The maximum absolute atomic E-state index is 11.9. The Balaban J connectivity index is 3.41. The van der Waals surface area contributed by atoms with Crippen LogP contribution in [0.25, 0.3) is 0 Å². The minimum absolute atomic E-state index is 0.0431. The molecule has 0 unspecified atom stereocenters. The SMILES string of the molecule is CCCCC/C=C\C/C=C\C/C=C\C/C=C\CCCC(=O)OCCCCCCCC/C=C\C/C=C\CCCCC. The number of ether oxygens (including phenoxy) is 1. The molecular formula is C38H64O2. The summed E-state index contributed by atoms with van der Waals surface area (Å²) in [5.74, 6) is -0.0431. The van der Waals surface area contributed by atoms with Crippen molar-refractivity contribution < 1.29 is 9.53 Å². The highest BCUT2D eigenvalue weighted by Crippen LogP contribution is 2.09. The molecule has 0 aliphatic carbocycles. The predicted molar refractivity (Wildman–Crippen MR) is 179 cm³/mol. The number of rotatable bonds is 29. The molecule has 0 saturated carbocycles. The van der Waals surface area contributed by atoms with Gasteiger partial charge < -0.3 is 4.74 Å². The van der Waals surface area contributed by atoms with E-state index in [0.29, 0.717) is 13.0 Å². The van der Waals surface area contributed by atoms with Crippen LogP contribution in [-0.2, 0) is 9.53 Å². The van der Waals surface area contributed by atoms with Crippen LogP contribution in [0.5, 0.6) is 0 Å². The number of carbonyl (C=O) groups excluding carboxylic acids is 1. The Kier molecular flexibility index (Phi) is 33.1. The molecule has 0 aromatic heterocycles. The third kappa shape index (κ3) is 33.9. The van der Waals surface area contributed by atoms with Gasteiger partial charge in [-0.3, -0.25) is 4.79 Å². The van der Waals surface area contributed by atoms with Gasteiger partial charge in [0.2, 0.25) is 0 Å². The highest BCUT2D eigenvalue weighted by Gasteiger charge is 2.01. The Morgan fingerprint density at radius 3 is 1.23 bits per heavy atom. The Morgan fingerprint density at radius 1 is 0.425 bits per heavy atom. The summed E-state index contributed by atoms with van der Waals surface area (Å²) in [6, 6.07) is 0. The predicted octanol–water partition coefficient (Wildman–Crippen LogP) is 12.5. The molecule has 2 heteroatoms. The third-order valence-electron chi connectivity index (χ3n) is 6.82. The van der Waals surface area contributed by atoms with Crippen molar-refractivity contribution in [1.29, 1.82) is 0 Å². The van der Waals surface area contributed by atoms with E-state index in [1.165, 1.54) is 83.5 Å². The third-order valence-corrected chi connectivity index (χ3v) is 6.82. The quantitative estimate of drug-likeness (QED) is 0.0524. The first-order valence-corrected chi connectivity index (χ1v) is 16.9. The fraction of sp³-hybridized carbons (Fsp3) is 0.658. The average molecular weight is 553 g/mol. The van der Waals surface area contributed by atoms with Gasteiger partial charge in [0.15, 0.2) is 0 Å². The van der Waals surface area contributed by atoms with E-state index in [4.69, 9.17) is 4.74 Å². The number of allylic oxidation sites excluding steroid dienone is 12. The molecule has 0 heterocycles. The largest absolute Gasteiger partial charge is 0.466 e. The highest BCUT2D eigenvalue weighted by atomic mass is 16.5. The summed E-state index contributed by atoms with van der Waals surface area (Å²) < 4.78 is 5.39. The molecule has 0 N–H and O–H groups in total. The lowest BCUT2D eigenvalue weighted by Gasteiger charge is -2.04. The maximum Gasteiger partial charge on any atom is 0.305 e. The van der Waals surface area contributed by atoms with Crippen LogP contribution < -0.4 is 0 Å². The molecule has 0 saturated heterocycles. The molecule has 0 atom stereocenters. The summed E-state index contributed by atoms with van der Waals surface area (Å²) in [5.41, 5.74) is 0. The van der Waals surface area contributed by atoms with E-state index >= 15 is 0 Å². The number of carbonyl (C=O) groups is 1. The molecule has 0 aromatic carbocycles. The molecule has 0 aromatic rings. The second kappa shape index (κ2) is 34.9. The van der Waals surface area contributed by atoms with Crippen molar-refractivity contribution in [2.75, 3.05) is 6.61 Å². The fourth-order valence-corrected chi connectivity index (χ4v) is 4.27. The highest BCUT2D eigenvalue weighted by molar-refractivity contribution is 5.69. The van der Waals surface area contributed by atoms with E-state index in [-0.39, 0.29) is 5.97 Å². The van der Waals surface area contributed by atoms with Crippen LogP contribution in [0.3, 0.4) is 0 Å². The van der Waals surface area contributed by atoms with Gasteiger partial charge in [-0.05, 0) is 83.5 Å². The first kappa shape index (κ1) is 37.9. The number of esters is 1. The molecule has 0 spiro atoms. The van der Waals surface area contributed by atoms with Gasteiger partial charge in [-0.15, -0.1) is 0 Å². The second-order valence-corrected chi connectivity index (χ2v) is 10.8. The molecule has 0 aliphatic heterocycles. The zero-order chi connectivity index (χ0) is 29.0. The first-order valence-electron chi connectivity index (χ1n) is 16.9. The molecule has 0 radical (unpaired) electrons. The summed E-state index contributed by atoms with van der Waals surface area (Å²) in [4.78, 5) is 11.9. The molecule has 2 nitrogen and oxygen atoms in total. The van der Waals surface area contributed by atoms with Crippen molar-refractivity contribution in [1.82, 2.24) is 0 Å². The van der Waals surface area contributed by atoms with E-state index in [2.05, 4.69) is 86.8 Å². The van der Waals surface area contributed by atoms with Gasteiger partial charge in [0, 0.05) is 6.42 Å². The monoisotopic (exact) mass is 552 g/mol. The first-order chi connectivity index (χ1) is 19.8. The number of hydrogen-bond donors (Lipinski definition) is 0. The average Bonchev–Trinajstić information content (AvgIpc) is 2.96. The summed E-state index contributed by atoms with van der Waals surface area (Å²) in [6.45, 7) is 5.08. The van der Waals surface area contributed by atoms with Crippen LogP contribution in [0.2, 0.25) is 0 Å². The van der Waals surface area contributed by atoms with Crippen LogP contribution in [-0.4, -0.2) is 12.6 Å². The molecule has 0 bridgehead atoms. The van der Waals surface area contributed by atoms with Crippen LogP contribution in [0, 0.1) is 0 Å². The minimum atomic E-state index is -0.0431. The zero-order valence-electron chi connectivity index (χ0n) is 26.5. The van der Waals surface area contributed by atoms with Gasteiger partial charge in [-0.2, -0.15) is 0 Å². The van der Waals surface area contributed by atoms with E-state index in [1.54, 1.807) is 0 Å². The topological polar surface area (TPSA) is 26.3 Å². The molecule has 228 valence electrons. The summed E-state index contributed by atoms with van der Waals surface area (Å²) in [5, 5.41) is 0. The van der Waals surface area contributed by atoms with Crippen molar-refractivity contribution in [2.24, 2.45) is 0 Å². The Hall–Kier alpha value is -2.09. The van der Waals surface area contributed by atoms with Crippen LogP contribution in [0.4, 0.5) is 0 Å². The van der Waals surface area contributed by atoms with Crippen molar-refractivity contribution in [3.05, 3.63) is 72.9 Å². The van der Waals surface area contributed by atoms with Crippen LogP contribution in [0.1, 0.15) is 155 Å². The van der Waals surface area contributed by atoms with E-state index in [0.717, 1.165) is 51.4 Å². The van der Waals surface area contributed by atoms with Gasteiger partial charge in [0.1, 0.15) is 0 Å². The van der Waals surface area contributed by atoms with Crippen molar-refractivity contribution >= 4 is 5.97 Å². The minimum Gasteiger partial charge on any atom is -0.466 e. The lowest BCUT2D eigenvalue weighted by molar-refractivity contribution is -0.143. The molecule has 0 amide bonds. The summed E-state index contributed by atoms with van der Waals surface area (Å²) in [7, 11) is 0. The number of unbranched alkanes of at least 4 members (excludes halogenated alkanes) is 13. The lowest BCUT2D eigenvalue weighted by Crippen LogP contribution is -2.05. The van der Waals surface area contributed by atoms with Gasteiger partial charge in [-0.25, -0.2) is 0 Å². The smallest absolute Gasteiger partial charge is 0.305 e. The van der Waals surface area contributed by atoms with E-state index < -0.39 is 0 Å². The van der Waals surface area contributed by atoms with Crippen molar-refractivity contribution in [3.63, 3.8) is 0 Å². The van der Waals surface area contributed by atoms with Crippen LogP contribution >= 0.6 is 0 Å². The summed E-state index contributed by atoms with van der Waals surface area (Å²) >= 11 is 0. The molecule has 40 heavy (non-hydrogen) atoms. The number of hydrogen-bond acceptors (Lipinski definition) is 2. The normalized spacial score (nSPS) is 12.6. The van der Waals surface area contributed by atoms with Crippen LogP contribution in [0.15, 0.2) is 72.9 Å². The molecule has 0 aliphatic rings. The van der Waals surface area contributed by atoms with Crippen molar-refractivity contribution in [2.45, 2.75) is 155 Å². The van der Waals surface area contributed by atoms with Crippen molar-refractivity contribution in [3.8, 4) is 0 Å². The molecular weight excluding hydrogens is 488 g/mol. The Labute approximate surface area is 249 Å². The van der Waals surface area contributed by atoms with Gasteiger partial charge in [-0.1, -0.05) is 138 Å². The van der Waals surface area contributed by atoms with E-state index in [9.17, 15) is 4.79 Å². The Morgan fingerprint density at radius 2 is 0.775 bits per heavy atom. The summed E-state index contributed by atoms with van der Waals surface area (Å²) in [6.07, 6.45) is 52.4. The fourth-order valence-electron chi connectivity index (χ4n) is 4.27. The lowest BCUT2D eigenvalue weighted by atomic mass is 10.1. The standard InChI is InChI=1S/C38H64O2/c1-3-5-7-9-11-13-15-17-19-21-22-24-26-28-30-32-34-36-38(39)40-37-35-33-31-29-27-25-23-20-18-16-14-12-10-8-6-4-2/h11-14,17-20,22,24,28,30H,3-10,15-16,21,23,25-27,29,31-37H2,1-2H3/b13-11-,14-12-,19-17-,20-18-,24-22-,30-28-. The maximum atomic E-state index is 11.9. The second-order valence-electron chi connectivity index (χ2n) is 10.8. The van der Waals surface area contributed by atoms with E-state index in [1.807, 2.05) is 0 Å². The molecule has 0 rings (SSSR count). The van der Waals surface area contributed by atoms with Gasteiger partial charge >= 0.3 is 5.97 Å². The Bertz CT molecular complexity index is 692. The van der Waals surface area contributed by atoms with Gasteiger partial charge in [0.05, 0.1) is 6.61 Å². The van der Waals surface area contributed by atoms with Gasteiger partial charge in [0.25, 0.3) is 0 Å². The zero-order valence-corrected chi connectivity index (χ0v) is 26.5. The molecule has 0 fully saturated rings.